The van der Waals surface area contributed by atoms with E-state index < -0.39 is 16.1 Å². The summed E-state index contributed by atoms with van der Waals surface area (Å²) in [5, 5.41) is 9.43. The van der Waals surface area contributed by atoms with Gasteiger partial charge < -0.3 is 5.11 Å². The molecule has 1 aromatic rings. The van der Waals surface area contributed by atoms with Gasteiger partial charge in [0.2, 0.25) is 10.0 Å². The highest BCUT2D eigenvalue weighted by atomic mass is 32.2. The third kappa shape index (κ3) is 3.22. The normalized spacial score (nSPS) is 19.4. The SMILES string of the molecule is CCC1(CNS(=O)(=O)c2ccc(C(C)O)cc2)CCC1. The number of rotatable bonds is 6. The minimum Gasteiger partial charge on any atom is -0.389 e. The molecule has 0 aromatic heterocycles. The lowest BCUT2D eigenvalue weighted by Crippen LogP contribution is -2.41. The van der Waals surface area contributed by atoms with Gasteiger partial charge in [0.05, 0.1) is 11.0 Å². The first kappa shape index (κ1) is 15.5. The average Bonchev–Trinajstić information content (AvgIpc) is 2.38. The molecule has 0 saturated heterocycles. The van der Waals surface area contributed by atoms with Crippen LogP contribution in [0.1, 0.15) is 51.2 Å². The maximum Gasteiger partial charge on any atom is 0.240 e. The second-order valence-electron chi connectivity index (χ2n) is 5.78. The number of benzene rings is 1. The van der Waals surface area contributed by atoms with E-state index >= 15 is 0 Å². The van der Waals surface area contributed by atoms with Crippen molar-refractivity contribution in [2.45, 2.75) is 50.5 Å². The molecule has 0 amide bonds. The molecule has 1 aromatic carbocycles. The van der Waals surface area contributed by atoms with Crippen LogP contribution in [-0.4, -0.2) is 20.1 Å². The topological polar surface area (TPSA) is 66.4 Å². The van der Waals surface area contributed by atoms with Crippen LogP contribution in [0.3, 0.4) is 0 Å². The minimum atomic E-state index is -3.45. The van der Waals surface area contributed by atoms with Crippen molar-refractivity contribution in [1.82, 2.24) is 4.72 Å². The zero-order valence-electron chi connectivity index (χ0n) is 12.1. The van der Waals surface area contributed by atoms with Crippen molar-refractivity contribution in [3.8, 4) is 0 Å². The van der Waals surface area contributed by atoms with E-state index in [1.54, 1.807) is 31.2 Å². The van der Waals surface area contributed by atoms with Gasteiger partial charge >= 0.3 is 0 Å². The largest absolute Gasteiger partial charge is 0.389 e. The fourth-order valence-electron chi connectivity index (χ4n) is 2.59. The molecule has 0 radical (unpaired) electrons. The Hall–Kier alpha value is -0.910. The fraction of sp³-hybridized carbons (Fsp3) is 0.600. The van der Waals surface area contributed by atoms with Crippen LogP contribution in [0, 0.1) is 5.41 Å². The number of hydrogen-bond donors (Lipinski definition) is 2. The molecule has 1 aliphatic carbocycles. The monoisotopic (exact) mass is 297 g/mol. The molecule has 5 heteroatoms. The van der Waals surface area contributed by atoms with E-state index in [1.165, 1.54) is 6.42 Å². The molecular weight excluding hydrogens is 274 g/mol. The van der Waals surface area contributed by atoms with Gasteiger partial charge in [-0.1, -0.05) is 25.5 Å². The highest BCUT2D eigenvalue weighted by Crippen LogP contribution is 2.43. The summed E-state index contributed by atoms with van der Waals surface area (Å²) >= 11 is 0. The third-order valence-electron chi connectivity index (χ3n) is 4.47. The standard InChI is InChI=1S/C15H23NO3S/c1-3-15(9-4-10-15)11-16-20(18,19)14-7-5-13(6-8-14)12(2)17/h5-8,12,16-17H,3-4,9-11H2,1-2H3. The molecule has 1 atom stereocenters. The van der Waals surface area contributed by atoms with Gasteiger partial charge in [-0.2, -0.15) is 0 Å². The molecule has 2 rings (SSSR count). The summed E-state index contributed by atoms with van der Waals surface area (Å²) in [4.78, 5) is 0.257. The third-order valence-corrected chi connectivity index (χ3v) is 5.89. The molecule has 1 unspecified atom stereocenters. The zero-order chi connectivity index (χ0) is 14.8. The van der Waals surface area contributed by atoms with Gasteiger partial charge in [0.15, 0.2) is 0 Å². The van der Waals surface area contributed by atoms with Crippen LogP contribution in [0.4, 0.5) is 0 Å². The van der Waals surface area contributed by atoms with Crippen LogP contribution in [-0.2, 0) is 10.0 Å². The average molecular weight is 297 g/mol. The van der Waals surface area contributed by atoms with Crippen molar-refractivity contribution >= 4 is 10.0 Å². The molecule has 0 heterocycles. The molecule has 1 fully saturated rings. The second-order valence-corrected chi connectivity index (χ2v) is 7.54. The van der Waals surface area contributed by atoms with Gasteiger partial charge in [-0.15, -0.1) is 0 Å². The van der Waals surface area contributed by atoms with Crippen LogP contribution in [0.25, 0.3) is 0 Å². The van der Waals surface area contributed by atoms with E-state index in [4.69, 9.17) is 0 Å². The number of aliphatic hydroxyl groups excluding tert-OH is 1. The summed E-state index contributed by atoms with van der Waals surface area (Å²) in [6.07, 6.45) is 3.83. The van der Waals surface area contributed by atoms with Crippen LogP contribution in [0.15, 0.2) is 29.2 Å². The smallest absolute Gasteiger partial charge is 0.240 e. The molecule has 112 valence electrons. The van der Waals surface area contributed by atoms with E-state index in [0.717, 1.165) is 19.3 Å². The van der Waals surface area contributed by atoms with Gasteiger partial charge in [-0.25, -0.2) is 13.1 Å². The second kappa shape index (κ2) is 5.84. The summed E-state index contributed by atoms with van der Waals surface area (Å²) in [6, 6.07) is 6.39. The number of sulfonamides is 1. The Bertz CT molecular complexity index is 539. The molecule has 0 bridgehead atoms. The van der Waals surface area contributed by atoms with Crippen LogP contribution < -0.4 is 4.72 Å². The van der Waals surface area contributed by atoms with Crippen molar-refractivity contribution in [1.29, 1.82) is 0 Å². The highest BCUT2D eigenvalue weighted by Gasteiger charge is 2.36. The first-order chi connectivity index (χ1) is 9.38. The summed E-state index contributed by atoms with van der Waals surface area (Å²) in [7, 11) is -3.45. The minimum absolute atomic E-state index is 0.159. The van der Waals surface area contributed by atoms with Crippen molar-refractivity contribution in [3.63, 3.8) is 0 Å². The lowest BCUT2D eigenvalue weighted by atomic mass is 9.67. The predicted octanol–water partition coefficient (Wildman–Crippen LogP) is 2.60. The molecule has 0 aliphatic heterocycles. The zero-order valence-corrected chi connectivity index (χ0v) is 12.9. The molecule has 0 spiro atoms. The lowest BCUT2D eigenvalue weighted by Gasteiger charge is -2.41. The summed E-state index contributed by atoms with van der Waals surface area (Å²) < 4.78 is 27.2. The summed E-state index contributed by atoms with van der Waals surface area (Å²) in [6.45, 7) is 4.29. The first-order valence-corrected chi connectivity index (χ1v) is 8.65. The van der Waals surface area contributed by atoms with Gasteiger partial charge in [-0.3, -0.25) is 0 Å². The molecule has 1 saturated carbocycles. The molecule has 1 aliphatic rings. The molecule has 20 heavy (non-hydrogen) atoms. The van der Waals surface area contributed by atoms with E-state index in [2.05, 4.69) is 11.6 Å². The summed E-state index contributed by atoms with van der Waals surface area (Å²) in [5.74, 6) is 0. The predicted molar refractivity (Wildman–Crippen MR) is 78.8 cm³/mol. The van der Waals surface area contributed by atoms with Gasteiger partial charge in [0, 0.05) is 6.54 Å². The molecule has 2 N–H and O–H groups in total. The number of nitrogens with one attached hydrogen (secondary N) is 1. The summed E-state index contributed by atoms with van der Waals surface area (Å²) in [5.41, 5.74) is 0.875. The molecule has 4 nitrogen and oxygen atoms in total. The number of aliphatic hydroxyl groups is 1. The van der Waals surface area contributed by atoms with Gasteiger partial charge in [0.1, 0.15) is 0 Å². The lowest BCUT2D eigenvalue weighted by molar-refractivity contribution is 0.133. The quantitative estimate of drug-likeness (QED) is 0.848. The maximum absolute atomic E-state index is 12.2. The van der Waals surface area contributed by atoms with E-state index in [1.807, 2.05) is 0 Å². The Morgan fingerprint density at radius 3 is 2.30 bits per heavy atom. The van der Waals surface area contributed by atoms with Gasteiger partial charge in [-0.05, 0) is 49.3 Å². The Balaban J connectivity index is 2.06. The van der Waals surface area contributed by atoms with Crippen molar-refractivity contribution in [2.24, 2.45) is 5.41 Å². The van der Waals surface area contributed by atoms with Crippen LogP contribution >= 0.6 is 0 Å². The van der Waals surface area contributed by atoms with Crippen LogP contribution in [0.2, 0.25) is 0 Å². The maximum atomic E-state index is 12.2. The Kier molecular flexibility index (Phi) is 4.52. The van der Waals surface area contributed by atoms with Crippen LogP contribution in [0.5, 0.6) is 0 Å². The number of hydrogen-bond acceptors (Lipinski definition) is 3. The molecular formula is C15H23NO3S. The van der Waals surface area contributed by atoms with E-state index in [0.29, 0.717) is 12.1 Å². The Labute approximate surface area is 121 Å². The van der Waals surface area contributed by atoms with E-state index in [-0.39, 0.29) is 10.3 Å². The Morgan fingerprint density at radius 2 is 1.90 bits per heavy atom. The van der Waals surface area contributed by atoms with Gasteiger partial charge in [0.25, 0.3) is 0 Å². The van der Waals surface area contributed by atoms with Crippen molar-refractivity contribution in [3.05, 3.63) is 29.8 Å². The van der Waals surface area contributed by atoms with Crippen molar-refractivity contribution < 1.29 is 13.5 Å². The van der Waals surface area contributed by atoms with Crippen molar-refractivity contribution in [2.75, 3.05) is 6.54 Å². The fourth-order valence-corrected chi connectivity index (χ4v) is 3.75. The Morgan fingerprint density at radius 1 is 1.30 bits per heavy atom. The van der Waals surface area contributed by atoms with E-state index in [9.17, 15) is 13.5 Å². The first-order valence-electron chi connectivity index (χ1n) is 7.16. The highest BCUT2D eigenvalue weighted by molar-refractivity contribution is 7.89.